The Labute approximate surface area is 75.2 Å². The monoisotopic (exact) mass is 191 g/mol. The number of aliphatic hydroxyl groups is 2. The van der Waals surface area contributed by atoms with E-state index in [1.54, 1.807) is 0 Å². The van der Waals surface area contributed by atoms with Gasteiger partial charge in [-0.2, -0.15) is 0 Å². The Morgan fingerprint density at radius 3 is 2.69 bits per heavy atom. The van der Waals surface area contributed by atoms with Gasteiger partial charge in [-0.05, 0) is 0 Å². The fourth-order valence-electron chi connectivity index (χ4n) is 1.31. The summed E-state index contributed by atoms with van der Waals surface area (Å²) in [6, 6.07) is 0. The summed E-state index contributed by atoms with van der Waals surface area (Å²) in [7, 11) is 1.34. The summed E-state index contributed by atoms with van der Waals surface area (Å²) in [5, 5.41) is 18.6. The number of ether oxygens (including phenoxy) is 2. The first-order valence-corrected chi connectivity index (χ1v) is 3.87. The van der Waals surface area contributed by atoms with Gasteiger partial charge in [0.15, 0.2) is 6.29 Å². The van der Waals surface area contributed by atoms with Crippen molar-refractivity contribution in [1.29, 1.82) is 0 Å². The molecule has 0 aliphatic carbocycles. The number of methoxy groups -OCH3 is 1. The Hall–Kier alpha value is -0.690. The van der Waals surface area contributed by atoms with Gasteiger partial charge in [0.05, 0.1) is 12.7 Å². The van der Waals surface area contributed by atoms with Gasteiger partial charge in [0.1, 0.15) is 12.0 Å². The average molecular weight is 191 g/mol. The molecule has 4 N–H and O–H groups in total. The zero-order valence-corrected chi connectivity index (χ0v) is 7.21. The molecular formula is C7H13NO5. The minimum absolute atomic E-state index is 0.0660. The largest absolute Gasteiger partial charge is 0.389 e. The lowest BCUT2D eigenvalue weighted by molar-refractivity contribution is -0.236. The topological polar surface area (TPSA) is 102 Å². The molecule has 13 heavy (non-hydrogen) atoms. The molecule has 1 heterocycles. The zero-order chi connectivity index (χ0) is 10.0. The quantitative estimate of drug-likeness (QED) is 0.460. The zero-order valence-electron chi connectivity index (χ0n) is 7.21. The van der Waals surface area contributed by atoms with Crippen LogP contribution in [0.5, 0.6) is 0 Å². The molecule has 6 nitrogen and oxygen atoms in total. The molecule has 1 fully saturated rings. The number of primary amides is 1. The van der Waals surface area contributed by atoms with Crippen molar-refractivity contribution in [3.8, 4) is 0 Å². The Kier molecular flexibility index (Phi) is 3.21. The summed E-state index contributed by atoms with van der Waals surface area (Å²) in [5.41, 5.74) is 5.02. The van der Waals surface area contributed by atoms with Crippen LogP contribution in [0.25, 0.3) is 0 Å². The molecule has 0 aromatic rings. The van der Waals surface area contributed by atoms with Crippen molar-refractivity contribution in [3.05, 3.63) is 0 Å². The highest BCUT2D eigenvalue weighted by Gasteiger charge is 2.42. The van der Waals surface area contributed by atoms with Crippen LogP contribution in [0.2, 0.25) is 0 Å². The van der Waals surface area contributed by atoms with Gasteiger partial charge in [-0.15, -0.1) is 0 Å². The van der Waals surface area contributed by atoms with Gasteiger partial charge in [-0.1, -0.05) is 0 Å². The molecule has 6 heteroatoms. The van der Waals surface area contributed by atoms with Crippen LogP contribution in [0.15, 0.2) is 0 Å². The van der Waals surface area contributed by atoms with Gasteiger partial charge in [-0.3, -0.25) is 4.79 Å². The number of rotatable bonds is 2. The van der Waals surface area contributed by atoms with E-state index < -0.39 is 30.3 Å². The fraction of sp³-hybridized carbons (Fsp3) is 0.857. The van der Waals surface area contributed by atoms with Gasteiger partial charge in [-0.25, -0.2) is 0 Å². The van der Waals surface area contributed by atoms with Gasteiger partial charge < -0.3 is 25.4 Å². The molecule has 1 aliphatic heterocycles. The number of carbonyl (C=O) groups excluding carboxylic acids is 1. The Morgan fingerprint density at radius 1 is 1.62 bits per heavy atom. The molecule has 0 radical (unpaired) electrons. The highest BCUT2D eigenvalue weighted by atomic mass is 16.7. The Bertz CT molecular complexity index is 195. The standard InChI is InChI=1S/C7H13NO5/c1-12-7-4(6(8)11)5(10)3(9)2-13-7/h3-5,7,9-10H,2H2,1H3,(H2,8,11). The molecule has 1 rings (SSSR count). The maximum Gasteiger partial charge on any atom is 0.228 e. The van der Waals surface area contributed by atoms with Crippen LogP contribution in [-0.4, -0.2) is 48.3 Å². The molecule has 0 spiro atoms. The first kappa shape index (κ1) is 10.4. The minimum Gasteiger partial charge on any atom is -0.389 e. The van der Waals surface area contributed by atoms with Crippen molar-refractivity contribution < 1.29 is 24.5 Å². The number of hydrogen-bond acceptors (Lipinski definition) is 5. The Morgan fingerprint density at radius 2 is 2.23 bits per heavy atom. The summed E-state index contributed by atoms with van der Waals surface area (Å²) < 4.78 is 9.74. The maximum atomic E-state index is 10.9. The van der Waals surface area contributed by atoms with Gasteiger partial charge in [0.25, 0.3) is 0 Å². The lowest BCUT2D eigenvalue weighted by atomic mass is 9.94. The highest BCUT2D eigenvalue weighted by Crippen LogP contribution is 2.21. The molecule has 1 aliphatic rings. The van der Waals surface area contributed by atoms with E-state index in [-0.39, 0.29) is 6.61 Å². The van der Waals surface area contributed by atoms with E-state index in [9.17, 15) is 15.0 Å². The smallest absolute Gasteiger partial charge is 0.228 e. The van der Waals surface area contributed by atoms with Gasteiger partial charge in [0, 0.05) is 7.11 Å². The van der Waals surface area contributed by atoms with Crippen LogP contribution in [-0.2, 0) is 14.3 Å². The number of carbonyl (C=O) groups is 1. The molecule has 4 atom stereocenters. The van der Waals surface area contributed by atoms with Crippen LogP contribution in [0.3, 0.4) is 0 Å². The summed E-state index contributed by atoms with van der Waals surface area (Å²) in [4.78, 5) is 10.9. The second-order valence-corrected chi connectivity index (χ2v) is 2.92. The predicted octanol–water partition coefficient (Wildman–Crippen LogP) is -2.19. The van der Waals surface area contributed by atoms with Crippen LogP contribution in [0.4, 0.5) is 0 Å². The molecule has 76 valence electrons. The molecule has 0 aromatic carbocycles. The van der Waals surface area contributed by atoms with E-state index in [4.69, 9.17) is 15.2 Å². The van der Waals surface area contributed by atoms with Crippen molar-refractivity contribution in [2.45, 2.75) is 18.5 Å². The number of aliphatic hydroxyl groups excluding tert-OH is 2. The fourth-order valence-corrected chi connectivity index (χ4v) is 1.31. The van der Waals surface area contributed by atoms with Gasteiger partial charge in [0.2, 0.25) is 5.91 Å². The maximum absolute atomic E-state index is 10.9. The summed E-state index contributed by atoms with van der Waals surface area (Å²) in [5.74, 6) is -1.77. The summed E-state index contributed by atoms with van der Waals surface area (Å²) in [6.45, 7) is -0.0660. The lowest BCUT2D eigenvalue weighted by Gasteiger charge is -2.35. The molecule has 1 saturated heterocycles. The third-order valence-electron chi connectivity index (χ3n) is 2.05. The molecule has 0 bridgehead atoms. The van der Waals surface area contributed by atoms with E-state index in [2.05, 4.69) is 0 Å². The first-order valence-electron chi connectivity index (χ1n) is 3.87. The SMILES string of the molecule is COC1OCC(O)C(O)C1C(N)=O. The molecule has 4 unspecified atom stereocenters. The van der Waals surface area contributed by atoms with E-state index in [0.29, 0.717) is 0 Å². The normalized spacial score (nSPS) is 40.2. The van der Waals surface area contributed by atoms with Crippen LogP contribution in [0.1, 0.15) is 0 Å². The van der Waals surface area contributed by atoms with Crippen molar-refractivity contribution in [2.24, 2.45) is 11.7 Å². The first-order chi connectivity index (χ1) is 6.07. The second-order valence-electron chi connectivity index (χ2n) is 2.92. The number of hydrogen-bond donors (Lipinski definition) is 3. The number of nitrogens with two attached hydrogens (primary N) is 1. The van der Waals surface area contributed by atoms with Crippen molar-refractivity contribution in [2.75, 3.05) is 13.7 Å². The van der Waals surface area contributed by atoms with Crippen LogP contribution >= 0.6 is 0 Å². The van der Waals surface area contributed by atoms with Crippen molar-refractivity contribution >= 4 is 5.91 Å². The average Bonchev–Trinajstić information content (AvgIpc) is 2.08. The predicted molar refractivity (Wildman–Crippen MR) is 41.4 cm³/mol. The van der Waals surface area contributed by atoms with Gasteiger partial charge >= 0.3 is 0 Å². The van der Waals surface area contributed by atoms with Crippen LogP contribution < -0.4 is 5.73 Å². The minimum atomic E-state index is -1.23. The molecule has 0 saturated carbocycles. The van der Waals surface area contributed by atoms with Crippen molar-refractivity contribution in [1.82, 2.24) is 0 Å². The Balaban J connectivity index is 2.74. The molecule has 1 amide bonds. The third-order valence-corrected chi connectivity index (χ3v) is 2.05. The summed E-state index contributed by atoms with van der Waals surface area (Å²) >= 11 is 0. The lowest BCUT2D eigenvalue weighted by Crippen LogP contribution is -2.54. The number of amides is 1. The highest BCUT2D eigenvalue weighted by molar-refractivity contribution is 5.78. The third kappa shape index (κ3) is 1.97. The molecule has 0 aromatic heterocycles. The molecular weight excluding hydrogens is 178 g/mol. The van der Waals surface area contributed by atoms with Crippen molar-refractivity contribution in [3.63, 3.8) is 0 Å². The second kappa shape index (κ2) is 4.01. The van der Waals surface area contributed by atoms with Crippen LogP contribution in [0, 0.1) is 5.92 Å². The van der Waals surface area contributed by atoms with E-state index in [0.717, 1.165) is 0 Å². The van der Waals surface area contributed by atoms with E-state index in [1.165, 1.54) is 7.11 Å². The van der Waals surface area contributed by atoms with E-state index >= 15 is 0 Å². The van der Waals surface area contributed by atoms with E-state index in [1.807, 2.05) is 0 Å². The summed E-state index contributed by atoms with van der Waals surface area (Å²) in [6.07, 6.45) is -3.20.